The van der Waals surface area contributed by atoms with Gasteiger partial charge in [0.2, 0.25) is 5.11 Å². The number of rotatable bonds is 2. The first-order valence-electron chi connectivity index (χ1n) is 5.14. The summed E-state index contributed by atoms with van der Waals surface area (Å²) in [5, 5.41) is -1.00. The topological polar surface area (TPSA) is 84.9 Å². The van der Waals surface area contributed by atoms with Gasteiger partial charge in [-0.05, 0) is 31.3 Å². The number of aryl methyl sites for hydroxylation is 1. The summed E-state index contributed by atoms with van der Waals surface area (Å²) in [5.74, 6) is -0.0458. The maximum Gasteiger partial charge on any atom is 0.220 e. The van der Waals surface area contributed by atoms with Crippen molar-refractivity contribution in [1.82, 2.24) is 0 Å². The number of nitrogens with zero attached hydrogens (tertiary/aromatic N) is 2. The van der Waals surface area contributed by atoms with Crippen LogP contribution < -0.4 is 5.73 Å². The van der Waals surface area contributed by atoms with Crippen LogP contribution in [0, 0.1) is 6.92 Å². The van der Waals surface area contributed by atoms with Crippen LogP contribution in [0.25, 0.3) is 0 Å². The highest BCUT2D eigenvalue weighted by Crippen LogP contribution is 2.17. The van der Waals surface area contributed by atoms with E-state index in [4.69, 9.17) is 18.0 Å². The highest BCUT2D eigenvalue weighted by molar-refractivity contribution is 7.93. The number of nitrogens with two attached hydrogens (primary N) is 1. The van der Waals surface area contributed by atoms with Crippen molar-refractivity contribution in [3.63, 3.8) is 0 Å². The van der Waals surface area contributed by atoms with Crippen LogP contribution >= 0.6 is 12.2 Å². The van der Waals surface area contributed by atoms with Gasteiger partial charge in [-0.3, -0.25) is 0 Å². The molecular formula is C11H11N3O2S2. The van der Waals surface area contributed by atoms with E-state index in [0.29, 0.717) is 0 Å². The van der Waals surface area contributed by atoms with Crippen LogP contribution in [0.2, 0.25) is 0 Å². The standard InChI is InChI=1S/C11H11N3O2S2/c1-7-2-4-8(5-3-7)18(15,16)9-6-13-11(17)14-10(9)12/h2-6,9H,1H3,(H2,12,14,17). The third-order valence-electron chi connectivity index (χ3n) is 2.52. The molecule has 0 saturated carbocycles. The molecule has 1 aliphatic heterocycles. The molecule has 0 spiro atoms. The molecule has 0 bridgehead atoms. The van der Waals surface area contributed by atoms with E-state index in [9.17, 15) is 8.42 Å². The molecule has 94 valence electrons. The van der Waals surface area contributed by atoms with E-state index in [2.05, 4.69) is 9.98 Å². The summed E-state index contributed by atoms with van der Waals surface area (Å²) in [4.78, 5) is 7.64. The first-order chi connectivity index (χ1) is 8.41. The minimum atomic E-state index is -3.62. The molecule has 1 heterocycles. The lowest BCUT2D eigenvalue weighted by atomic mass is 10.2. The molecule has 1 aliphatic rings. The van der Waals surface area contributed by atoms with E-state index >= 15 is 0 Å². The number of hydrogen-bond acceptors (Lipinski definition) is 4. The molecule has 7 heteroatoms. The summed E-state index contributed by atoms with van der Waals surface area (Å²) in [5.41, 5.74) is 6.60. The Kier molecular flexibility index (Phi) is 3.27. The van der Waals surface area contributed by atoms with Crippen molar-refractivity contribution in [1.29, 1.82) is 0 Å². The van der Waals surface area contributed by atoms with Crippen molar-refractivity contribution in [2.75, 3.05) is 0 Å². The number of aliphatic imine (C=N–C) groups is 2. The molecule has 1 aromatic carbocycles. The first-order valence-corrected chi connectivity index (χ1v) is 7.09. The number of amidine groups is 1. The zero-order valence-electron chi connectivity index (χ0n) is 9.57. The first kappa shape index (κ1) is 12.8. The zero-order chi connectivity index (χ0) is 13.3. The lowest BCUT2D eigenvalue weighted by Crippen LogP contribution is -2.40. The lowest BCUT2D eigenvalue weighted by Gasteiger charge is -2.15. The van der Waals surface area contributed by atoms with Crippen LogP contribution in [0.1, 0.15) is 5.56 Å². The molecule has 5 nitrogen and oxygen atoms in total. The van der Waals surface area contributed by atoms with Gasteiger partial charge in [0.25, 0.3) is 0 Å². The molecule has 2 rings (SSSR count). The summed E-state index contributed by atoms with van der Waals surface area (Å²) in [6, 6.07) is 6.53. The van der Waals surface area contributed by atoms with Crippen LogP contribution in [0.3, 0.4) is 0 Å². The van der Waals surface area contributed by atoms with Crippen LogP contribution in [0.15, 0.2) is 39.1 Å². The molecule has 1 unspecified atom stereocenters. The van der Waals surface area contributed by atoms with E-state index in [-0.39, 0.29) is 15.8 Å². The molecule has 0 aromatic heterocycles. The second-order valence-corrected chi connectivity index (χ2v) is 6.31. The number of sulfone groups is 1. The van der Waals surface area contributed by atoms with E-state index in [1.807, 2.05) is 6.92 Å². The molecule has 1 aromatic rings. The summed E-state index contributed by atoms with van der Waals surface area (Å²) < 4.78 is 24.6. The van der Waals surface area contributed by atoms with Gasteiger partial charge >= 0.3 is 0 Å². The van der Waals surface area contributed by atoms with Crippen molar-refractivity contribution in [2.24, 2.45) is 15.7 Å². The third-order valence-corrected chi connectivity index (χ3v) is 4.68. The molecular weight excluding hydrogens is 270 g/mol. The fourth-order valence-corrected chi connectivity index (χ4v) is 3.09. The average molecular weight is 281 g/mol. The maximum atomic E-state index is 12.3. The Morgan fingerprint density at radius 1 is 1.28 bits per heavy atom. The Hall–Kier alpha value is -1.60. The van der Waals surface area contributed by atoms with Crippen molar-refractivity contribution in [3.05, 3.63) is 29.8 Å². The number of benzene rings is 1. The van der Waals surface area contributed by atoms with Gasteiger partial charge in [0.15, 0.2) is 15.1 Å². The van der Waals surface area contributed by atoms with Gasteiger partial charge in [-0.15, -0.1) is 0 Å². The maximum absolute atomic E-state index is 12.3. The summed E-state index contributed by atoms with van der Waals surface area (Å²) in [7, 11) is -3.62. The van der Waals surface area contributed by atoms with E-state index in [1.54, 1.807) is 24.3 Å². The second-order valence-electron chi connectivity index (χ2n) is 3.88. The number of hydrogen-bond donors (Lipinski definition) is 1. The van der Waals surface area contributed by atoms with Gasteiger partial charge in [-0.25, -0.2) is 18.4 Å². The van der Waals surface area contributed by atoms with Crippen LogP contribution in [-0.2, 0) is 9.84 Å². The molecule has 0 saturated heterocycles. The highest BCUT2D eigenvalue weighted by Gasteiger charge is 2.31. The van der Waals surface area contributed by atoms with Crippen molar-refractivity contribution in [2.45, 2.75) is 17.1 Å². The fraction of sp³-hybridized carbons (Fsp3) is 0.182. The van der Waals surface area contributed by atoms with Crippen LogP contribution in [0.5, 0.6) is 0 Å². The van der Waals surface area contributed by atoms with Crippen LogP contribution in [0.4, 0.5) is 0 Å². The quantitative estimate of drug-likeness (QED) is 0.815. The Labute approximate surface area is 110 Å². The van der Waals surface area contributed by atoms with Crippen molar-refractivity contribution < 1.29 is 8.42 Å². The van der Waals surface area contributed by atoms with Crippen molar-refractivity contribution >= 4 is 39.2 Å². The predicted molar refractivity (Wildman–Crippen MR) is 74.9 cm³/mol. The van der Waals surface area contributed by atoms with Crippen LogP contribution in [-0.4, -0.2) is 30.8 Å². The Morgan fingerprint density at radius 3 is 2.44 bits per heavy atom. The number of thiocarbonyl (C=S) groups is 1. The van der Waals surface area contributed by atoms with Gasteiger partial charge in [0.05, 0.1) is 4.90 Å². The summed E-state index contributed by atoms with van der Waals surface area (Å²) in [6.07, 6.45) is 1.22. The predicted octanol–water partition coefficient (Wildman–Crippen LogP) is 0.864. The van der Waals surface area contributed by atoms with Gasteiger partial charge in [-0.1, -0.05) is 17.7 Å². The molecule has 18 heavy (non-hydrogen) atoms. The molecule has 0 fully saturated rings. The SMILES string of the molecule is Cc1ccc(S(=O)(=O)C2C=NC(=S)N=C2N)cc1. The van der Waals surface area contributed by atoms with Gasteiger partial charge in [0, 0.05) is 6.21 Å². The molecule has 0 amide bonds. The van der Waals surface area contributed by atoms with E-state index < -0.39 is 15.1 Å². The Morgan fingerprint density at radius 2 is 1.89 bits per heavy atom. The average Bonchev–Trinajstić information content (AvgIpc) is 2.29. The summed E-state index contributed by atoms with van der Waals surface area (Å²) in [6.45, 7) is 1.88. The summed E-state index contributed by atoms with van der Waals surface area (Å²) >= 11 is 4.73. The third kappa shape index (κ3) is 2.32. The molecule has 1 atom stereocenters. The van der Waals surface area contributed by atoms with Gasteiger partial charge < -0.3 is 5.73 Å². The largest absolute Gasteiger partial charge is 0.386 e. The highest BCUT2D eigenvalue weighted by atomic mass is 32.2. The van der Waals surface area contributed by atoms with Gasteiger partial charge in [-0.2, -0.15) is 0 Å². The molecule has 0 aliphatic carbocycles. The normalized spacial score (nSPS) is 19.7. The Bertz CT molecular complexity index is 645. The lowest BCUT2D eigenvalue weighted by molar-refractivity contribution is 0.597. The smallest absolute Gasteiger partial charge is 0.220 e. The van der Waals surface area contributed by atoms with E-state index in [1.165, 1.54) is 6.21 Å². The zero-order valence-corrected chi connectivity index (χ0v) is 11.2. The fourth-order valence-electron chi connectivity index (χ4n) is 1.52. The van der Waals surface area contributed by atoms with Gasteiger partial charge in [0.1, 0.15) is 5.84 Å². The molecule has 2 N–H and O–H groups in total. The minimum Gasteiger partial charge on any atom is -0.386 e. The minimum absolute atomic E-state index is 0.0443. The molecule has 0 radical (unpaired) electrons. The Balaban J connectivity index is 2.44. The van der Waals surface area contributed by atoms with E-state index in [0.717, 1.165) is 5.56 Å². The second kappa shape index (κ2) is 4.58. The monoisotopic (exact) mass is 281 g/mol. The van der Waals surface area contributed by atoms with Crippen molar-refractivity contribution in [3.8, 4) is 0 Å².